The first-order valence-electron chi connectivity index (χ1n) is 4.10. The van der Waals surface area contributed by atoms with E-state index in [-0.39, 0.29) is 17.4 Å². The third-order valence-electron chi connectivity index (χ3n) is 1.90. The van der Waals surface area contributed by atoms with Crippen molar-refractivity contribution in [2.24, 2.45) is 5.73 Å². The van der Waals surface area contributed by atoms with E-state index in [4.69, 9.17) is 22.4 Å². The standard InChI is InChI=1S/C9H11BrClNO2/c10-5-3-6(8(12)1-2-13)9(14)7(11)4-5/h3-4,8,13-14H,1-2,12H2/t8-/m0/s1. The van der Waals surface area contributed by atoms with Gasteiger partial charge < -0.3 is 15.9 Å². The molecule has 0 spiro atoms. The van der Waals surface area contributed by atoms with E-state index in [1.807, 2.05) is 0 Å². The number of rotatable bonds is 3. The molecular weight excluding hydrogens is 269 g/mol. The summed E-state index contributed by atoms with van der Waals surface area (Å²) < 4.78 is 0.753. The number of aromatic hydroxyl groups is 1. The number of nitrogens with two attached hydrogens (primary N) is 1. The van der Waals surface area contributed by atoms with E-state index in [1.54, 1.807) is 12.1 Å². The molecule has 1 atom stereocenters. The SMILES string of the molecule is N[C@@H](CCO)c1cc(Br)cc(Cl)c1O. The molecular formula is C9H11BrClNO2. The van der Waals surface area contributed by atoms with Crippen molar-refractivity contribution in [3.05, 3.63) is 27.2 Å². The zero-order valence-corrected chi connectivity index (χ0v) is 9.72. The normalized spacial score (nSPS) is 12.9. The predicted octanol–water partition coefficient (Wildman–Crippen LogP) is 2.19. The number of halogens is 2. The molecule has 0 aliphatic heterocycles. The number of aliphatic hydroxyl groups is 1. The zero-order chi connectivity index (χ0) is 10.7. The van der Waals surface area contributed by atoms with Crippen LogP contribution in [-0.2, 0) is 0 Å². The van der Waals surface area contributed by atoms with Gasteiger partial charge in [0.05, 0.1) is 5.02 Å². The summed E-state index contributed by atoms with van der Waals surface area (Å²) in [6, 6.07) is 2.88. The highest BCUT2D eigenvalue weighted by molar-refractivity contribution is 9.10. The van der Waals surface area contributed by atoms with E-state index < -0.39 is 6.04 Å². The van der Waals surface area contributed by atoms with E-state index in [0.29, 0.717) is 12.0 Å². The molecule has 0 fully saturated rings. The molecule has 0 bridgehead atoms. The quantitative estimate of drug-likeness (QED) is 0.795. The van der Waals surface area contributed by atoms with Gasteiger partial charge in [0.1, 0.15) is 5.75 Å². The van der Waals surface area contributed by atoms with Crippen LogP contribution in [0.15, 0.2) is 16.6 Å². The van der Waals surface area contributed by atoms with Gasteiger partial charge in [0.25, 0.3) is 0 Å². The summed E-state index contributed by atoms with van der Waals surface area (Å²) in [5.74, 6) is -0.0178. The van der Waals surface area contributed by atoms with Gasteiger partial charge in [-0.15, -0.1) is 0 Å². The van der Waals surface area contributed by atoms with Gasteiger partial charge >= 0.3 is 0 Å². The summed E-state index contributed by atoms with van der Waals surface area (Å²) in [7, 11) is 0. The lowest BCUT2D eigenvalue weighted by Gasteiger charge is -2.13. The Kier molecular flexibility index (Phi) is 4.19. The van der Waals surface area contributed by atoms with Gasteiger partial charge in [-0.3, -0.25) is 0 Å². The van der Waals surface area contributed by atoms with Crippen LogP contribution in [0.2, 0.25) is 5.02 Å². The van der Waals surface area contributed by atoms with Crippen LogP contribution >= 0.6 is 27.5 Å². The number of hydrogen-bond donors (Lipinski definition) is 3. The Morgan fingerprint density at radius 3 is 2.71 bits per heavy atom. The van der Waals surface area contributed by atoms with Crippen LogP contribution in [-0.4, -0.2) is 16.8 Å². The number of phenols is 1. The fourth-order valence-corrected chi connectivity index (χ4v) is 2.00. The Morgan fingerprint density at radius 2 is 2.14 bits per heavy atom. The molecule has 3 nitrogen and oxygen atoms in total. The first-order valence-corrected chi connectivity index (χ1v) is 5.27. The molecule has 0 aromatic heterocycles. The summed E-state index contributed by atoms with van der Waals surface area (Å²) in [4.78, 5) is 0. The number of hydrogen-bond acceptors (Lipinski definition) is 3. The van der Waals surface area contributed by atoms with Gasteiger partial charge in [-0.25, -0.2) is 0 Å². The Hall–Kier alpha value is -0.290. The lowest BCUT2D eigenvalue weighted by atomic mass is 10.0. The van der Waals surface area contributed by atoms with Crippen LogP contribution < -0.4 is 5.73 Å². The van der Waals surface area contributed by atoms with Crippen molar-refractivity contribution in [3.63, 3.8) is 0 Å². The smallest absolute Gasteiger partial charge is 0.139 e. The van der Waals surface area contributed by atoms with E-state index in [1.165, 1.54) is 0 Å². The lowest BCUT2D eigenvalue weighted by Crippen LogP contribution is -2.12. The Morgan fingerprint density at radius 1 is 1.50 bits per heavy atom. The number of phenolic OH excluding ortho intramolecular Hbond substituents is 1. The molecule has 0 radical (unpaired) electrons. The largest absolute Gasteiger partial charge is 0.506 e. The molecule has 0 amide bonds. The van der Waals surface area contributed by atoms with Crippen molar-refractivity contribution in [2.45, 2.75) is 12.5 Å². The van der Waals surface area contributed by atoms with Crippen LogP contribution in [0, 0.1) is 0 Å². The lowest BCUT2D eigenvalue weighted by molar-refractivity contribution is 0.275. The number of benzene rings is 1. The number of aliphatic hydroxyl groups excluding tert-OH is 1. The van der Waals surface area contributed by atoms with Gasteiger partial charge in [0.2, 0.25) is 0 Å². The molecule has 4 N–H and O–H groups in total. The molecule has 0 aliphatic carbocycles. The van der Waals surface area contributed by atoms with E-state index >= 15 is 0 Å². The average molecular weight is 281 g/mol. The maximum absolute atomic E-state index is 9.60. The summed E-state index contributed by atoms with van der Waals surface area (Å²) in [5, 5.41) is 18.6. The molecule has 0 saturated carbocycles. The second-order valence-electron chi connectivity index (χ2n) is 2.94. The van der Waals surface area contributed by atoms with Gasteiger partial charge in [-0.05, 0) is 18.6 Å². The molecule has 0 unspecified atom stereocenters. The zero-order valence-electron chi connectivity index (χ0n) is 7.37. The first kappa shape index (κ1) is 11.8. The second-order valence-corrected chi connectivity index (χ2v) is 4.27. The maximum atomic E-state index is 9.60. The molecule has 0 aliphatic rings. The van der Waals surface area contributed by atoms with Crippen molar-refractivity contribution < 1.29 is 10.2 Å². The van der Waals surface area contributed by atoms with Crippen molar-refractivity contribution in [1.29, 1.82) is 0 Å². The van der Waals surface area contributed by atoms with Crippen LogP contribution in [0.3, 0.4) is 0 Å². The summed E-state index contributed by atoms with van der Waals surface area (Å²) in [6.07, 6.45) is 0.389. The highest BCUT2D eigenvalue weighted by atomic mass is 79.9. The van der Waals surface area contributed by atoms with E-state index in [2.05, 4.69) is 15.9 Å². The molecule has 1 rings (SSSR count). The van der Waals surface area contributed by atoms with Crippen LogP contribution in [0.1, 0.15) is 18.0 Å². The highest BCUT2D eigenvalue weighted by Crippen LogP contribution is 2.34. The predicted molar refractivity (Wildman–Crippen MR) is 59.4 cm³/mol. The molecule has 78 valence electrons. The summed E-state index contributed by atoms with van der Waals surface area (Å²) in [5.41, 5.74) is 6.28. The third kappa shape index (κ3) is 2.60. The minimum Gasteiger partial charge on any atom is -0.506 e. The van der Waals surface area contributed by atoms with Crippen molar-refractivity contribution in [2.75, 3.05) is 6.61 Å². The molecule has 14 heavy (non-hydrogen) atoms. The van der Waals surface area contributed by atoms with E-state index in [0.717, 1.165) is 4.47 Å². The Balaban J connectivity index is 3.07. The van der Waals surface area contributed by atoms with Crippen molar-refractivity contribution in [1.82, 2.24) is 0 Å². The monoisotopic (exact) mass is 279 g/mol. The molecule has 1 aromatic carbocycles. The second kappa shape index (κ2) is 4.98. The molecule has 1 aromatic rings. The average Bonchev–Trinajstić information content (AvgIpc) is 2.11. The summed E-state index contributed by atoms with van der Waals surface area (Å²) >= 11 is 9.02. The Labute approximate surface area is 95.6 Å². The van der Waals surface area contributed by atoms with Gasteiger partial charge in [0, 0.05) is 22.7 Å². The fraction of sp³-hybridized carbons (Fsp3) is 0.333. The van der Waals surface area contributed by atoms with Crippen LogP contribution in [0.4, 0.5) is 0 Å². The maximum Gasteiger partial charge on any atom is 0.139 e. The summed E-state index contributed by atoms with van der Waals surface area (Å²) in [6.45, 7) is -0.0231. The Bertz CT molecular complexity index is 333. The highest BCUT2D eigenvalue weighted by Gasteiger charge is 2.13. The fourth-order valence-electron chi connectivity index (χ4n) is 1.16. The van der Waals surface area contributed by atoms with Gasteiger partial charge in [-0.1, -0.05) is 27.5 Å². The van der Waals surface area contributed by atoms with Crippen molar-refractivity contribution >= 4 is 27.5 Å². The minimum absolute atomic E-state index is 0.0178. The molecule has 5 heteroatoms. The van der Waals surface area contributed by atoms with Gasteiger partial charge in [0.15, 0.2) is 0 Å². The minimum atomic E-state index is -0.407. The molecule has 0 heterocycles. The third-order valence-corrected chi connectivity index (χ3v) is 2.64. The van der Waals surface area contributed by atoms with E-state index in [9.17, 15) is 5.11 Å². The van der Waals surface area contributed by atoms with Gasteiger partial charge in [-0.2, -0.15) is 0 Å². The molecule has 0 saturated heterocycles. The van der Waals surface area contributed by atoms with Crippen LogP contribution in [0.25, 0.3) is 0 Å². The van der Waals surface area contributed by atoms with Crippen LogP contribution in [0.5, 0.6) is 5.75 Å². The van der Waals surface area contributed by atoms with Crippen molar-refractivity contribution in [3.8, 4) is 5.75 Å². The topological polar surface area (TPSA) is 66.5 Å². The first-order chi connectivity index (χ1) is 6.56.